The van der Waals surface area contributed by atoms with Crippen LogP contribution in [0.5, 0.6) is 0 Å². The van der Waals surface area contributed by atoms with Crippen molar-refractivity contribution in [3.05, 3.63) is 22.7 Å². The molecule has 0 spiro atoms. The normalized spacial score (nSPS) is 21.2. The molecule has 1 saturated heterocycles. The lowest BCUT2D eigenvalue weighted by molar-refractivity contribution is -0.173. The summed E-state index contributed by atoms with van der Waals surface area (Å²) in [4.78, 5) is 40.6. The number of carbonyl (C=O) groups is 1. The predicted molar refractivity (Wildman–Crippen MR) is 143 cm³/mol. The van der Waals surface area contributed by atoms with Gasteiger partial charge in [0.25, 0.3) is 0 Å². The summed E-state index contributed by atoms with van der Waals surface area (Å²) in [6.07, 6.45) is 9.92. The van der Waals surface area contributed by atoms with Gasteiger partial charge >= 0.3 is 5.69 Å². The summed E-state index contributed by atoms with van der Waals surface area (Å²) < 4.78 is 12.1. The van der Waals surface area contributed by atoms with Crippen LogP contribution in [0.1, 0.15) is 90.7 Å². The largest absolute Gasteiger partial charge is 0.603 e. The summed E-state index contributed by atoms with van der Waals surface area (Å²) in [7, 11) is -2.65. The molecule has 1 aromatic rings. The van der Waals surface area contributed by atoms with Gasteiger partial charge in [-0.05, 0) is 12.5 Å². The van der Waals surface area contributed by atoms with Crippen molar-refractivity contribution in [2.24, 2.45) is 5.92 Å². The first-order valence-electron chi connectivity index (χ1n) is 13.5. The molecule has 3 N–H and O–H groups in total. The molecular weight excluding hydrogens is 511 g/mol. The van der Waals surface area contributed by atoms with E-state index in [1.807, 2.05) is 0 Å². The second kappa shape index (κ2) is 17.4. The van der Waals surface area contributed by atoms with Gasteiger partial charge in [-0.2, -0.15) is 14.8 Å². The number of carbonyl (C=O) groups excluding carboxylic acids is 1. The number of nitrogens with one attached hydrogen (secondary N) is 1. The fourth-order valence-corrected chi connectivity index (χ4v) is 5.54. The van der Waals surface area contributed by atoms with Gasteiger partial charge in [-0.15, -0.1) is 0 Å². The summed E-state index contributed by atoms with van der Waals surface area (Å²) in [5, 5.41) is 31.9. The molecule has 0 aliphatic carbocycles. The molecule has 1 fully saturated rings. The third-order valence-electron chi connectivity index (χ3n) is 6.47. The van der Waals surface area contributed by atoms with Crippen molar-refractivity contribution in [1.29, 1.82) is 5.26 Å². The SMILES string of the molecule is CCCCCCCCCCCCC(C#N)CO[P+]([O-])=C1[C@H](n2ccc(NC(C)=O)nc2=O)O[C@H](CO)[C@H]1O. The quantitative estimate of drug-likeness (QED) is 0.194. The Balaban J connectivity index is 1.93. The Hall–Kier alpha value is -2.19. The van der Waals surface area contributed by atoms with Gasteiger partial charge in [0.1, 0.15) is 24.6 Å². The number of aliphatic hydroxyl groups excluding tert-OH is 2. The van der Waals surface area contributed by atoms with Crippen molar-refractivity contribution in [1.82, 2.24) is 9.55 Å². The van der Waals surface area contributed by atoms with Gasteiger partial charge in [-0.25, -0.2) is 4.79 Å². The third-order valence-corrected chi connectivity index (χ3v) is 7.76. The zero-order valence-electron chi connectivity index (χ0n) is 22.4. The van der Waals surface area contributed by atoms with Gasteiger partial charge in [0.2, 0.25) is 25.4 Å². The third kappa shape index (κ3) is 10.2. The van der Waals surface area contributed by atoms with Gasteiger partial charge in [0.05, 0.1) is 18.6 Å². The van der Waals surface area contributed by atoms with Crippen molar-refractivity contribution >= 4 is 25.0 Å². The van der Waals surface area contributed by atoms with E-state index in [-0.39, 0.29) is 17.7 Å². The highest BCUT2D eigenvalue weighted by Gasteiger charge is 2.47. The molecule has 1 aliphatic rings. The number of anilines is 1. The second-order valence-electron chi connectivity index (χ2n) is 9.61. The van der Waals surface area contributed by atoms with Gasteiger partial charge in [0, 0.05) is 13.1 Å². The maximum Gasteiger partial charge on any atom is 0.352 e. The van der Waals surface area contributed by atoms with E-state index in [4.69, 9.17) is 9.26 Å². The van der Waals surface area contributed by atoms with Crippen LogP contribution in [0.4, 0.5) is 5.82 Å². The number of hydrogen-bond acceptors (Lipinski definition) is 9. The number of unbranched alkanes of at least 4 members (excludes halogenated alkanes) is 9. The Bertz CT molecular complexity index is 1010. The lowest BCUT2D eigenvalue weighted by Crippen LogP contribution is -2.33. The van der Waals surface area contributed by atoms with Crippen molar-refractivity contribution in [3.8, 4) is 6.07 Å². The Kier molecular flexibility index (Phi) is 14.7. The highest BCUT2D eigenvalue weighted by atomic mass is 31.1. The number of ether oxygens (including phenoxy) is 1. The molecular formula is C26H41N4O7P. The minimum Gasteiger partial charge on any atom is -0.603 e. The maximum absolute atomic E-state index is 13.1. The minimum atomic E-state index is -2.65. The first kappa shape index (κ1) is 32.0. The highest BCUT2D eigenvalue weighted by Crippen LogP contribution is 2.34. The predicted octanol–water partition coefficient (Wildman–Crippen LogP) is 2.76. The molecule has 1 aromatic heterocycles. The molecule has 2 rings (SSSR count). The number of hydrogen-bond donors (Lipinski definition) is 3. The van der Waals surface area contributed by atoms with E-state index in [1.54, 1.807) is 0 Å². The topological polar surface area (TPSA) is 170 Å². The van der Waals surface area contributed by atoms with Crippen molar-refractivity contribution in [2.45, 2.75) is 103 Å². The number of amides is 1. The first-order chi connectivity index (χ1) is 18.3. The van der Waals surface area contributed by atoms with Crippen LogP contribution in [0, 0.1) is 17.2 Å². The first-order valence-corrected chi connectivity index (χ1v) is 14.7. The van der Waals surface area contributed by atoms with Crippen LogP contribution in [0.15, 0.2) is 17.1 Å². The van der Waals surface area contributed by atoms with E-state index in [2.05, 4.69) is 23.3 Å². The molecule has 0 bridgehead atoms. The summed E-state index contributed by atoms with van der Waals surface area (Å²) in [6, 6.07) is 3.54. The molecule has 2 heterocycles. The number of rotatable bonds is 17. The number of aliphatic hydroxyl groups is 2. The van der Waals surface area contributed by atoms with E-state index < -0.39 is 50.6 Å². The second-order valence-corrected chi connectivity index (χ2v) is 10.9. The fourth-order valence-electron chi connectivity index (χ4n) is 4.33. The molecule has 0 saturated carbocycles. The van der Waals surface area contributed by atoms with Crippen LogP contribution in [0.2, 0.25) is 0 Å². The average Bonchev–Trinajstić information content (AvgIpc) is 3.22. The molecule has 1 aliphatic heterocycles. The Morgan fingerprint density at radius 1 is 1.26 bits per heavy atom. The number of nitrogens with zero attached hydrogens (tertiary/aromatic N) is 3. The number of aromatic nitrogens is 2. The van der Waals surface area contributed by atoms with E-state index in [9.17, 15) is 30.0 Å². The lowest BCUT2D eigenvalue weighted by atomic mass is 10.0. The summed E-state index contributed by atoms with van der Waals surface area (Å²) in [5.74, 6) is -0.838. The van der Waals surface area contributed by atoms with Crippen LogP contribution in [-0.4, -0.2) is 56.4 Å². The minimum absolute atomic E-state index is 0.0297. The Morgan fingerprint density at radius 3 is 2.45 bits per heavy atom. The van der Waals surface area contributed by atoms with Gasteiger partial charge in [-0.1, -0.05) is 71.1 Å². The zero-order chi connectivity index (χ0) is 27.9. The molecule has 1 amide bonds. The van der Waals surface area contributed by atoms with Crippen molar-refractivity contribution in [2.75, 3.05) is 18.5 Å². The van der Waals surface area contributed by atoms with E-state index in [0.717, 1.165) is 23.8 Å². The Morgan fingerprint density at radius 2 is 1.89 bits per heavy atom. The maximum atomic E-state index is 13.1. The van der Waals surface area contributed by atoms with Crippen LogP contribution >= 0.6 is 8.00 Å². The van der Waals surface area contributed by atoms with Crippen LogP contribution < -0.4 is 15.9 Å². The summed E-state index contributed by atoms with van der Waals surface area (Å²) in [5.41, 5.74) is -0.816. The van der Waals surface area contributed by atoms with E-state index in [0.29, 0.717) is 6.42 Å². The van der Waals surface area contributed by atoms with Gasteiger partial charge < -0.3 is 25.2 Å². The van der Waals surface area contributed by atoms with Gasteiger partial charge in [-0.3, -0.25) is 9.36 Å². The Labute approximate surface area is 225 Å². The summed E-state index contributed by atoms with van der Waals surface area (Å²) >= 11 is 0. The molecule has 2 unspecified atom stereocenters. The van der Waals surface area contributed by atoms with Crippen molar-refractivity contribution < 1.29 is 29.2 Å². The summed E-state index contributed by atoms with van der Waals surface area (Å²) in [6.45, 7) is 2.82. The van der Waals surface area contributed by atoms with Crippen LogP contribution in [0.25, 0.3) is 0 Å². The molecule has 212 valence electrons. The molecule has 0 aromatic carbocycles. The number of nitriles is 1. The van der Waals surface area contributed by atoms with Crippen molar-refractivity contribution in [3.63, 3.8) is 0 Å². The molecule has 38 heavy (non-hydrogen) atoms. The molecule has 12 heteroatoms. The van der Waals surface area contributed by atoms with E-state index in [1.165, 1.54) is 64.1 Å². The molecule has 0 radical (unpaired) electrons. The van der Waals surface area contributed by atoms with Crippen LogP contribution in [0.3, 0.4) is 0 Å². The van der Waals surface area contributed by atoms with Gasteiger partial charge in [0.15, 0.2) is 0 Å². The monoisotopic (exact) mass is 552 g/mol. The molecule has 11 nitrogen and oxygen atoms in total. The lowest BCUT2D eigenvalue weighted by Gasteiger charge is -2.15. The van der Waals surface area contributed by atoms with E-state index >= 15 is 0 Å². The standard InChI is InChI=1S/C26H41N4O7P/c1-3-4-5-6-7-8-9-10-11-12-13-20(16-27)18-36-38(35)24-23(33)21(17-31)37-25(24)30-15-14-22(28-19(2)32)29-26(30)34/h14-15,20-21,23,25,31,33H,3-13,17-18H2,1-2H3,(H,28,29,32,34)/t20?,21-,23-,25-/m1/s1. The fraction of sp³-hybridized carbons (Fsp3) is 0.731. The smallest absolute Gasteiger partial charge is 0.352 e. The van der Waals surface area contributed by atoms with Crippen LogP contribution in [-0.2, 0) is 14.1 Å². The molecule has 5 atom stereocenters. The average molecular weight is 553 g/mol. The zero-order valence-corrected chi connectivity index (χ0v) is 23.3. The highest BCUT2D eigenvalue weighted by molar-refractivity contribution is 7.47.